The van der Waals surface area contributed by atoms with E-state index in [-0.39, 0.29) is 23.7 Å². The zero-order chi connectivity index (χ0) is 24.0. The Morgan fingerprint density at radius 1 is 1.09 bits per heavy atom. The third-order valence-electron chi connectivity index (χ3n) is 4.68. The van der Waals surface area contributed by atoms with Crippen molar-refractivity contribution in [2.75, 3.05) is 13.2 Å². The number of nitrogens with one attached hydrogen (secondary N) is 1. The van der Waals surface area contributed by atoms with Gasteiger partial charge in [-0.25, -0.2) is 9.07 Å². The number of rotatable bonds is 8. The van der Waals surface area contributed by atoms with Gasteiger partial charge in [0.1, 0.15) is 11.6 Å². The van der Waals surface area contributed by atoms with E-state index in [4.69, 9.17) is 4.74 Å². The number of alkyl halides is 3. The smallest absolute Gasteiger partial charge is 0.416 e. The Bertz CT molecular complexity index is 1170. The minimum Gasteiger partial charge on any atom is -0.494 e. The van der Waals surface area contributed by atoms with Crippen LogP contribution in [0.15, 0.2) is 59.4 Å². The van der Waals surface area contributed by atoms with Crippen LogP contribution in [0, 0.1) is 12.7 Å². The average molecular weight is 463 g/mol. The number of ether oxygens (including phenoxy) is 1. The number of nitrogens with zero attached hydrogens (tertiary/aromatic N) is 2. The van der Waals surface area contributed by atoms with Crippen LogP contribution in [0.1, 0.15) is 34.6 Å². The second-order valence-corrected chi connectivity index (χ2v) is 7.22. The third-order valence-corrected chi connectivity index (χ3v) is 4.68. The molecule has 0 unspecified atom stereocenters. The number of amides is 1. The molecule has 6 nitrogen and oxygen atoms in total. The zero-order valence-corrected chi connectivity index (χ0v) is 17.7. The normalized spacial score (nSPS) is 11.3. The molecule has 10 heteroatoms. The molecule has 0 fully saturated rings. The van der Waals surface area contributed by atoms with Gasteiger partial charge in [0.2, 0.25) is 5.43 Å². The lowest BCUT2D eigenvalue weighted by Gasteiger charge is -2.13. The molecule has 0 aliphatic heterocycles. The summed E-state index contributed by atoms with van der Waals surface area (Å²) >= 11 is 0. The van der Waals surface area contributed by atoms with Gasteiger partial charge in [0, 0.05) is 18.3 Å². The van der Waals surface area contributed by atoms with Gasteiger partial charge < -0.3 is 10.1 Å². The highest BCUT2D eigenvalue weighted by Gasteiger charge is 2.30. The molecule has 33 heavy (non-hydrogen) atoms. The molecule has 174 valence electrons. The summed E-state index contributed by atoms with van der Waals surface area (Å²) in [5.41, 5.74) is -1.55. The molecule has 0 radical (unpaired) electrons. The summed E-state index contributed by atoms with van der Waals surface area (Å²) in [7, 11) is 0. The molecule has 1 N–H and O–H groups in total. The number of hydrogen-bond donors (Lipinski definition) is 1. The molecule has 3 aromatic rings. The van der Waals surface area contributed by atoms with Crippen molar-refractivity contribution in [1.29, 1.82) is 0 Å². The van der Waals surface area contributed by atoms with E-state index >= 15 is 0 Å². The molecule has 3 rings (SSSR count). The maximum Gasteiger partial charge on any atom is 0.416 e. The van der Waals surface area contributed by atoms with Crippen LogP contribution in [0.4, 0.5) is 17.6 Å². The van der Waals surface area contributed by atoms with Crippen LogP contribution in [0.3, 0.4) is 0 Å². The molecule has 1 aromatic heterocycles. The van der Waals surface area contributed by atoms with Crippen LogP contribution in [-0.2, 0) is 6.18 Å². The monoisotopic (exact) mass is 463 g/mol. The van der Waals surface area contributed by atoms with Crippen LogP contribution >= 0.6 is 0 Å². The first-order valence-corrected chi connectivity index (χ1v) is 10.1. The molecule has 1 heterocycles. The molecule has 1 amide bonds. The van der Waals surface area contributed by atoms with Crippen molar-refractivity contribution < 1.29 is 27.1 Å². The first kappa shape index (κ1) is 24.0. The first-order valence-electron chi connectivity index (χ1n) is 10.1. The predicted molar refractivity (Wildman–Crippen MR) is 113 cm³/mol. The lowest BCUT2D eigenvalue weighted by atomic mass is 10.2. The summed E-state index contributed by atoms with van der Waals surface area (Å²) in [5, 5.41) is 6.58. The Morgan fingerprint density at radius 2 is 1.82 bits per heavy atom. The number of carbonyl (C=O) groups is 1. The molecular weight excluding hydrogens is 442 g/mol. The standard InChI is InChI=1S/C23H21F4N3O3/c1-15-13-20(31)21(29-30(15)18-6-4-5-16(14-18)23(25,26)27)22(32)28-11-2-3-12-33-19-9-7-17(24)8-10-19/h4-10,13-14H,2-3,11-12H2,1H3,(H,28,32). The van der Waals surface area contributed by atoms with Crippen molar-refractivity contribution in [3.05, 3.63) is 87.6 Å². The maximum absolute atomic E-state index is 13.0. The summed E-state index contributed by atoms with van der Waals surface area (Å²) in [6.07, 6.45) is -3.41. The quantitative estimate of drug-likeness (QED) is 0.400. The minimum absolute atomic E-state index is 0.0781. The lowest BCUT2D eigenvalue weighted by Crippen LogP contribution is -2.32. The molecular formula is C23H21F4N3O3. The van der Waals surface area contributed by atoms with E-state index in [2.05, 4.69) is 10.4 Å². The van der Waals surface area contributed by atoms with Crippen molar-refractivity contribution in [3.8, 4) is 11.4 Å². The van der Waals surface area contributed by atoms with E-state index in [1.54, 1.807) is 0 Å². The molecule has 0 aliphatic carbocycles. The summed E-state index contributed by atoms with van der Waals surface area (Å²) in [4.78, 5) is 24.7. The highest BCUT2D eigenvalue weighted by Crippen LogP contribution is 2.30. The summed E-state index contributed by atoms with van der Waals surface area (Å²) in [6.45, 7) is 2.11. The Hall–Kier alpha value is -3.69. The number of aryl methyl sites for hydroxylation is 1. The van der Waals surface area contributed by atoms with Gasteiger partial charge in [-0.1, -0.05) is 6.07 Å². The van der Waals surface area contributed by atoms with E-state index in [1.807, 2.05) is 0 Å². The topological polar surface area (TPSA) is 73.2 Å². The van der Waals surface area contributed by atoms with Crippen molar-refractivity contribution in [2.45, 2.75) is 25.9 Å². The van der Waals surface area contributed by atoms with Gasteiger partial charge in [0.25, 0.3) is 5.91 Å². The number of aromatic nitrogens is 2. The molecule has 0 bridgehead atoms. The van der Waals surface area contributed by atoms with Gasteiger partial charge >= 0.3 is 6.18 Å². The highest BCUT2D eigenvalue weighted by atomic mass is 19.4. The predicted octanol–water partition coefficient (Wildman–Crippen LogP) is 4.29. The van der Waals surface area contributed by atoms with E-state index in [0.29, 0.717) is 25.2 Å². The molecule has 0 spiro atoms. The van der Waals surface area contributed by atoms with Crippen LogP contribution in [0.25, 0.3) is 5.69 Å². The molecule has 0 aliphatic rings. The number of unbranched alkanes of at least 4 members (excludes halogenated alkanes) is 1. The fourth-order valence-corrected chi connectivity index (χ4v) is 3.01. The maximum atomic E-state index is 13.0. The number of carbonyl (C=O) groups excluding carboxylic acids is 1. The SMILES string of the molecule is Cc1cc(=O)c(C(=O)NCCCCOc2ccc(F)cc2)nn1-c1cccc(C(F)(F)F)c1. The number of halogens is 4. The second-order valence-electron chi connectivity index (χ2n) is 7.22. The van der Waals surface area contributed by atoms with Crippen LogP contribution < -0.4 is 15.5 Å². The summed E-state index contributed by atoms with van der Waals surface area (Å²) < 4.78 is 58.5. The van der Waals surface area contributed by atoms with Crippen molar-refractivity contribution >= 4 is 5.91 Å². The summed E-state index contributed by atoms with van der Waals surface area (Å²) in [6, 6.07) is 11.2. The van der Waals surface area contributed by atoms with Crippen LogP contribution in [0.5, 0.6) is 5.75 Å². The second kappa shape index (κ2) is 10.3. The molecule has 0 saturated carbocycles. The Morgan fingerprint density at radius 3 is 2.52 bits per heavy atom. The fraction of sp³-hybridized carbons (Fsp3) is 0.261. The van der Waals surface area contributed by atoms with Crippen molar-refractivity contribution in [2.24, 2.45) is 0 Å². The highest BCUT2D eigenvalue weighted by molar-refractivity contribution is 5.92. The van der Waals surface area contributed by atoms with Gasteiger partial charge in [-0.2, -0.15) is 18.3 Å². The minimum atomic E-state index is -4.54. The van der Waals surface area contributed by atoms with Crippen LogP contribution in [-0.4, -0.2) is 28.8 Å². The van der Waals surface area contributed by atoms with E-state index in [0.717, 1.165) is 22.9 Å². The van der Waals surface area contributed by atoms with E-state index in [1.165, 1.54) is 43.3 Å². The number of benzene rings is 2. The van der Waals surface area contributed by atoms with E-state index in [9.17, 15) is 27.2 Å². The van der Waals surface area contributed by atoms with Crippen molar-refractivity contribution in [1.82, 2.24) is 15.1 Å². The van der Waals surface area contributed by atoms with Gasteiger partial charge in [-0.15, -0.1) is 0 Å². The van der Waals surface area contributed by atoms with Gasteiger partial charge in [-0.3, -0.25) is 9.59 Å². The third kappa shape index (κ3) is 6.41. The first-order chi connectivity index (χ1) is 15.6. The summed E-state index contributed by atoms with van der Waals surface area (Å²) in [5.74, 6) is -0.554. The average Bonchev–Trinajstić information content (AvgIpc) is 2.77. The van der Waals surface area contributed by atoms with E-state index < -0.39 is 28.8 Å². The Balaban J connectivity index is 1.60. The Labute approximate surface area is 186 Å². The lowest BCUT2D eigenvalue weighted by molar-refractivity contribution is -0.137. The molecule has 0 saturated heterocycles. The van der Waals surface area contributed by atoms with Crippen molar-refractivity contribution in [3.63, 3.8) is 0 Å². The number of hydrogen-bond acceptors (Lipinski definition) is 4. The fourth-order valence-electron chi connectivity index (χ4n) is 3.01. The molecule has 2 aromatic carbocycles. The zero-order valence-electron chi connectivity index (χ0n) is 17.7. The van der Waals surface area contributed by atoms with Gasteiger partial charge in [0.15, 0.2) is 5.69 Å². The van der Waals surface area contributed by atoms with Gasteiger partial charge in [0.05, 0.1) is 17.9 Å². The van der Waals surface area contributed by atoms with Crippen LogP contribution in [0.2, 0.25) is 0 Å². The largest absolute Gasteiger partial charge is 0.494 e. The molecule has 0 atom stereocenters. The Kier molecular flexibility index (Phi) is 7.47. The van der Waals surface area contributed by atoms with Gasteiger partial charge in [-0.05, 0) is 62.2 Å².